The molecule has 0 spiro atoms. The van der Waals surface area contributed by atoms with Gasteiger partial charge in [-0.25, -0.2) is 13.2 Å². The Morgan fingerprint density at radius 1 is 0.957 bits per heavy atom. The van der Waals surface area contributed by atoms with E-state index >= 15 is 0 Å². The van der Waals surface area contributed by atoms with E-state index in [9.17, 15) is 22.8 Å². The minimum absolute atomic E-state index is 0.0987. The number of hydrogen-bond donors (Lipinski definition) is 2. The number of anilines is 2. The van der Waals surface area contributed by atoms with Crippen LogP contribution in [0.15, 0.2) is 36.4 Å². The van der Waals surface area contributed by atoms with E-state index in [1.165, 1.54) is 6.92 Å². The van der Waals surface area contributed by atoms with E-state index in [1.807, 2.05) is 0 Å². The molecule has 1 amide bonds. The predicted molar refractivity (Wildman–Crippen MR) is 79.9 cm³/mol. The van der Waals surface area contributed by atoms with Gasteiger partial charge in [-0.05, 0) is 43.3 Å². The number of carbonyl (C=O) groups is 2. The molecule has 0 fully saturated rings. The van der Waals surface area contributed by atoms with Crippen molar-refractivity contribution in [2.45, 2.75) is 6.92 Å². The molecule has 0 saturated carbocycles. The van der Waals surface area contributed by atoms with Crippen LogP contribution in [0.5, 0.6) is 0 Å². The van der Waals surface area contributed by atoms with Gasteiger partial charge in [0.25, 0.3) is 0 Å². The van der Waals surface area contributed by atoms with E-state index in [2.05, 4.69) is 10.6 Å². The highest BCUT2D eigenvalue weighted by molar-refractivity contribution is 5.96. The maximum Gasteiger partial charge on any atom is 0.243 e. The van der Waals surface area contributed by atoms with E-state index < -0.39 is 23.4 Å². The smallest absolute Gasteiger partial charge is 0.243 e. The molecule has 0 saturated heterocycles. The van der Waals surface area contributed by atoms with Gasteiger partial charge in [-0.2, -0.15) is 0 Å². The molecular formula is C16H13F3N2O2. The van der Waals surface area contributed by atoms with Crippen molar-refractivity contribution in [3.05, 3.63) is 59.4 Å². The maximum absolute atomic E-state index is 13.4. The van der Waals surface area contributed by atoms with Crippen LogP contribution in [0.25, 0.3) is 0 Å². The van der Waals surface area contributed by atoms with E-state index in [0.717, 1.165) is 12.1 Å². The Bertz CT molecular complexity index is 746. The zero-order valence-corrected chi connectivity index (χ0v) is 12.1. The lowest BCUT2D eigenvalue weighted by atomic mass is 10.1. The first-order chi connectivity index (χ1) is 10.9. The lowest BCUT2D eigenvalue weighted by molar-refractivity contribution is -0.114. The normalized spacial score (nSPS) is 10.3. The quantitative estimate of drug-likeness (QED) is 0.655. The fourth-order valence-corrected chi connectivity index (χ4v) is 1.83. The molecule has 0 aliphatic carbocycles. The summed E-state index contributed by atoms with van der Waals surface area (Å²) in [5, 5.41) is 4.90. The molecule has 0 unspecified atom stereocenters. The number of benzene rings is 2. The Hall–Kier alpha value is -2.83. The van der Waals surface area contributed by atoms with Gasteiger partial charge in [0.15, 0.2) is 23.2 Å². The van der Waals surface area contributed by atoms with Crippen molar-refractivity contribution >= 4 is 23.1 Å². The van der Waals surface area contributed by atoms with Gasteiger partial charge in [-0.15, -0.1) is 0 Å². The van der Waals surface area contributed by atoms with Crippen molar-refractivity contribution in [2.75, 3.05) is 17.2 Å². The summed E-state index contributed by atoms with van der Waals surface area (Å²) < 4.78 is 39.3. The van der Waals surface area contributed by atoms with Gasteiger partial charge in [-0.1, -0.05) is 0 Å². The summed E-state index contributed by atoms with van der Waals surface area (Å²) in [6.45, 7) is 1.09. The number of rotatable bonds is 5. The third-order valence-electron chi connectivity index (χ3n) is 3.05. The summed E-state index contributed by atoms with van der Waals surface area (Å²) in [5.41, 5.74) is 0.642. The molecule has 4 nitrogen and oxygen atoms in total. The molecule has 23 heavy (non-hydrogen) atoms. The van der Waals surface area contributed by atoms with Crippen LogP contribution in [0.4, 0.5) is 24.5 Å². The first kappa shape index (κ1) is 16.5. The third-order valence-corrected chi connectivity index (χ3v) is 3.05. The van der Waals surface area contributed by atoms with Crippen LogP contribution < -0.4 is 10.6 Å². The van der Waals surface area contributed by atoms with Crippen molar-refractivity contribution in [2.24, 2.45) is 0 Å². The Labute approximate surface area is 130 Å². The highest BCUT2D eigenvalue weighted by Crippen LogP contribution is 2.19. The summed E-state index contributed by atoms with van der Waals surface area (Å²) in [6.07, 6.45) is 0. The zero-order chi connectivity index (χ0) is 17.0. The van der Waals surface area contributed by atoms with Crippen LogP contribution in [0, 0.1) is 17.5 Å². The van der Waals surface area contributed by atoms with Crippen molar-refractivity contribution in [1.29, 1.82) is 0 Å². The average Bonchev–Trinajstić information content (AvgIpc) is 2.52. The Kier molecular flexibility index (Phi) is 5.00. The summed E-state index contributed by atoms with van der Waals surface area (Å²) in [4.78, 5) is 22.9. The second-order valence-corrected chi connectivity index (χ2v) is 4.76. The largest absolute Gasteiger partial charge is 0.374 e. The van der Waals surface area contributed by atoms with Gasteiger partial charge in [0.1, 0.15) is 0 Å². The molecule has 0 atom stereocenters. The zero-order valence-electron chi connectivity index (χ0n) is 12.1. The molecule has 2 aromatic rings. The van der Waals surface area contributed by atoms with E-state index in [4.69, 9.17) is 0 Å². The molecule has 0 bridgehead atoms. The topological polar surface area (TPSA) is 58.2 Å². The van der Waals surface area contributed by atoms with Crippen molar-refractivity contribution in [1.82, 2.24) is 0 Å². The fourth-order valence-electron chi connectivity index (χ4n) is 1.83. The van der Waals surface area contributed by atoms with Crippen LogP contribution in [-0.2, 0) is 4.79 Å². The number of carbonyl (C=O) groups excluding carboxylic acids is 2. The summed E-state index contributed by atoms with van der Waals surface area (Å²) in [7, 11) is 0. The van der Waals surface area contributed by atoms with Crippen LogP contribution in [0.2, 0.25) is 0 Å². The number of amides is 1. The van der Waals surface area contributed by atoms with Gasteiger partial charge in [0.2, 0.25) is 5.91 Å². The SMILES string of the molecule is CC(=O)c1ccc(NC(=O)CNc2ccc(F)c(F)c2F)cc1. The molecule has 0 aromatic heterocycles. The van der Waals surface area contributed by atoms with Gasteiger partial charge in [0.05, 0.1) is 12.2 Å². The fraction of sp³-hybridized carbons (Fsp3) is 0.125. The minimum Gasteiger partial charge on any atom is -0.374 e. The maximum atomic E-state index is 13.4. The lowest BCUT2D eigenvalue weighted by Crippen LogP contribution is -2.22. The van der Waals surface area contributed by atoms with Gasteiger partial charge in [-0.3, -0.25) is 9.59 Å². The van der Waals surface area contributed by atoms with Crippen LogP contribution in [0.1, 0.15) is 17.3 Å². The summed E-state index contributed by atoms with van der Waals surface area (Å²) >= 11 is 0. The second-order valence-electron chi connectivity index (χ2n) is 4.76. The molecule has 0 aliphatic rings. The standard InChI is InChI=1S/C16H13F3N2O2/c1-9(22)10-2-4-11(5-3-10)21-14(23)8-20-13-7-6-12(17)15(18)16(13)19/h2-7,20H,8H2,1H3,(H,21,23). The minimum atomic E-state index is -1.60. The first-order valence-electron chi connectivity index (χ1n) is 6.66. The number of Topliss-reactive ketones (excluding diaryl/α,β-unsaturated/α-hetero) is 1. The lowest BCUT2D eigenvalue weighted by Gasteiger charge is -2.09. The molecule has 0 radical (unpaired) electrons. The van der Waals surface area contributed by atoms with Crippen LogP contribution >= 0.6 is 0 Å². The molecule has 120 valence electrons. The first-order valence-corrected chi connectivity index (χ1v) is 6.66. The van der Waals surface area contributed by atoms with Gasteiger partial charge in [0, 0.05) is 11.3 Å². The Morgan fingerprint density at radius 2 is 1.61 bits per heavy atom. The highest BCUT2D eigenvalue weighted by atomic mass is 19.2. The second kappa shape index (κ2) is 6.95. The molecule has 2 aromatic carbocycles. The Balaban J connectivity index is 1.95. The number of ketones is 1. The molecule has 2 rings (SSSR count). The molecular weight excluding hydrogens is 309 g/mol. The van der Waals surface area contributed by atoms with E-state index in [0.29, 0.717) is 11.3 Å². The predicted octanol–water partition coefficient (Wildman–Crippen LogP) is 3.36. The molecule has 0 aliphatic heterocycles. The van der Waals surface area contributed by atoms with E-state index in [1.54, 1.807) is 24.3 Å². The molecule has 2 N–H and O–H groups in total. The highest BCUT2D eigenvalue weighted by Gasteiger charge is 2.13. The van der Waals surface area contributed by atoms with E-state index in [-0.39, 0.29) is 18.0 Å². The number of nitrogens with one attached hydrogen (secondary N) is 2. The molecule has 0 heterocycles. The average molecular weight is 322 g/mol. The van der Waals surface area contributed by atoms with Crippen molar-refractivity contribution < 1.29 is 22.8 Å². The molecule has 7 heteroatoms. The van der Waals surface area contributed by atoms with Crippen LogP contribution in [0.3, 0.4) is 0 Å². The third kappa shape index (κ3) is 4.09. The van der Waals surface area contributed by atoms with Crippen LogP contribution in [-0.4, -0.2) is 18.2 Å². The number of hydrogen-bond acceptors (Lipinski definition) is 3. The summed E-state index contributed by atoms with van der Waals surface area (Å²) in [6, 6.07) is 7.97. The van der Waals surface area contributed by atoms with Gasteiger partial charge < -0.3 is 10.6 Å². The van der Waals surface area contributed by atoms with Gasteiger partial charge >= 0.3 is 0 Å². The summed E-state index contributed by atoms with van der Waals surface area (Å²) in [5.74, 6) is -4.90. The Morgan fingerprint density at radius 3 is 2.22 bits per heavy atom. The van der Waals surface area contributed by atoms with Crippen molar-refractivity contribution in [3.63, 3.8) is 0 Å². The number of halogens is 3. The van der Waals surface area contributed by atoms with Crippen molar-refractivity contribution in [3.8, 4) is 0 Å². The monoisotopic (exact) mass is 322 g/mol.